The van der Waals surface area contributed by atoms with Crippen molar-refractivity contribution in [3.05, 3.63) is 0 Å². The van der Waals surface area contributed by atoms with Crippen LogP contribution >= 0.6 is 0 Å². The largest absolute Gasteiger partial charge is 0.481 e. The smallest absolute Gasteiger partial charge is 0.314 e. The maximum Gasteiger partial charge on any atom is 0.314 e. The van der Waals surface area contributed by atoms with Gasteiger partial charge in [-0.15, -0.1) is 0 Å². The normalized spacial score (nSPS) is 22.7. The zero-order chi connectivity index (χ0) is 11.4. The second-order valence-electron chi connectivity index (χ2n) is 4.26. The lowest BCUT2D eigenvalue weighted by Gasteiger charge is -2.14. The Balaban J connectivity index is 2.25. The van der Waals surface area contributed by atoms with E-state index in [1.807, 2.05) is 0 Å². The quantitative estimate of drug-likeness (QED) is 0.728. The summed E-state index contributed by atoms with van der Waals surface area (Å²) in [7, 11) is 0. The molecule has 0 saturated carbocycles. The average molecular weight is 214 g/mol. The molecule has 0 aliphatic carbocycles. The van der Waals surface area contributed by atoms with E-state index < -0.39 is 5.97 Å². The number of nitrogens with zero attached hydrogens (tertiary/aromatic N) is 1. The molecule has 86 valence electrons. The average Bonchev–Trinajstić information content (AvgIpc) is 2.62. The van der Waals surface area contributed by atoms with Crippen molar-refractivity contribution >= 4 is 12.0 Å². The number of hydrogen-bond acceptors (Lipinski definition) is 2. The van der Waals surface area contributed by atoms with Crippen LogP contribution in [0.15, 0.2) is 0 Å². The first-order valence-electron chi connectivity index (χ1n) is 5.28. The Labute approximate surface area is 89.2 Å². The number of amides is 2. The number of likely N-dealkylation sites (tertiary alicyclic amines) is 1. The molecule has 5 heteroatoms. The first-order chi connectivity index (χ1) is 7.00. The summed E-state index contributed by atoms with van der Waals surface area (Å²) < 4.78 is 0. The summed E-state index contributed by atoms with van der Waals surface area (Å²) in [5.41, 5.74) is 5.16. The predicted octanol–water partition coefficient (Wildman–Crippen LogP) is 0.888. The van der Waals surface area contributed by atoms with Crippen LogP contribution < -0.4 is 5.73 Å². The van der Waals surface area contributed by atoms with E-state index in [-0.39, 0.29) is 11.9 Å². The van der Waals surface area contributed by atoms with Crippen LogP contribution in [0.1, 0.15) is 26.2 Å². The zero-order valence-electron chi connectivity index (χ0n) is 8.98. The Bertz CT molecular complexity index is 255. The molecule has 1 heterocycles. The number of carbonyl (C=O) groups excluding carboxylic acids is 1. The Morgan fingerprint density at radius 1 is 1.60 bits per heavy atom. The minimum atomic E-state index is -0.750. The second kappa shape index (κ2) is 5.00. The summed E-state index contributed by atoms with van der Waals surface area (Å²) in [4.78, 5) is 23.1. The molecule has 5 nitrogen and oxygen atoms in total. The van der Waals surface area contributed by atoms with Crippen molar-refractivity contribution in [2.75, 3.05) is 13.1 Å². The third-order valence-corrected chi connectivity index (χ3v) is 3.03. The molecule has 0 bridgehead atoms. The maximum absolute atomic E-state index is 10.8. The van der Waals surface area contributed by atoms with Crippen molar-refractivity contribution in [1.82, 2.24) is 4.90 Å². The van der Waals surface area contributed by atoms with E-state index in [0.29, 0.717) is 25.4 Å². The zero-order valence-corrected chi connectivity index (χ0v) is 8.98. The molecule has 0 aromatic rings. The van der Waals surface area contributed by atoms with Crippen molar-refractivity contribution in [3.8, 4) is 0 Å². The summed E-state index contributed by atoms with van der Waals surface area (Å²) in [5.74, 6) is -0.633. The first kappa shape index (κ1) is 11.8. The molecular weight excluding hydrogens is 196 g/mol. The van der Waals surface area contributed by atoms with Crippen molar-refractivity contribution < 1.29 is 14.7 Å². The molecule has 1 aliphatic rings. The van der Waals surface area contributed by atoms with E-state index >= 15 is 0 Å². The van der Waals surface area contributed by atoms with Crippen LogP contribution in [0.3, 0.4) is 0 Å². The van der Waals surface area contributed by atoms with Gasteiger partial charge in [-0.25, -0.2) is 4.79 Å². The highest BCUT2D eigenvalue weighted by Crippen LogP contribution is 2.22. The number of carboxylic acids is 1. The highest BCUT2D eigenvalue weighted by Gasteiger charge is 2.25. The van der Waals surface area contributed by atoms with Gasteiger partial charge in [0.15, 0.2) is 0 Å². The molecule has 3 N–H and O–H groups in total. The number of primary amides is 1. The molecule has 1 rings (SSSR count). The Hall–Kier alpha value is -1.26. The fraction of sp³-hybridized carbons (Fsp3) is 0.800. The number of rotatable bonds is 4. The summed E-state index contributed by atoms with van der Waals surface area (Å²) in [6.45, 7) is 3.10. The Morgan fingerprint density at radius 2 is 2.27 bits per heavy atom. The molecule has 2 atom stereocenters. The van der Waals surface area contributed by atoms with Crippen LogP contribution in [0, 0.1) is 11.8 Å². The molecule has 2 unspecified atom stereocenters. The van der Waals surface area contributed by atoms with Gasteiger partial charge in [0.1, 0.15) is 0 Å². The highest BCUT2D eigenvalue weighted by atomic mass is 16.4. The van der Waals surface area contributed by atoms with Gasteiger partial charge in [-0.3, -0.25) is 4.79 Å². The van der Waals surface area contributed by atoms with Gasteiger partial charge in [0.25, 0.3) is 0 Å². The summed E-state index contributed by atoms with van der Waals surface area (Å²) in [5, 5.41) is 8.71. The number of urea groups is 1. The fourth-order valence-corrected chi connectivity index (χ4v) is 1.88. The van der Waals surface area contributed by atoms with E-state index in [4.69, 9.17) is 10.8 Å². The minimum absolute atomic E-state index is 0.298. The van der Waals surface area contributed by atoms with E-state index in [9.17, 15) is 9.59 Å². The first-order valence-corrected chi connectivity index (χ1v) is 5.28. The lowest BCUT2D eigenvalue weighted by Crippen LogP contribution is -2.33. The third-order valence-electron chi connectivity index (χ3n) is 3.03. The van der Waals surface area contributed by atoms with Crippen LogP contribution in [0.4, 0.5) is 4.79 Å². The van der Waals surface area contributed by atoms with Crippen LogP contribution in [0.5, 0.6) is 0 Å². The van der Waals surface area contributed by atoms with Crippen LogP contribution in [0.2, 0.25) is 0 Å². The summed E-state index contributed by atoms with van der Waals surface area (Å²) >= 11 is 0. The fourth-order valence-electron chi connectivity index (χ4n) is 1.88. The van der Waals surface area contributed by atoms with Gasteiger partial charge in [-0.1, -0.05) is 6.92 Å². The van der Waals surface area contributed by atoms with Gasteiger partial charge >= 0.3 is 12.0 Å². The van der Waals surface area contributed by atoms with Gasteiger partial charge in [0.2, 0.25) is 0 Å². The van der Waals surface area contributed by atoms with Crippen molar-refractivity contribution in [3.63, 3.8) is 0 Å². The molecule has 0 radical (unpaired) electrons. The van der Waals surface area contributed by atoms with Gasteiger partial charge in [-0.05, 0) is 25.2 Å². The second-order valence-corrected chi connectivity index (χ2v) is 4.26. The molecule has 15 heavy (non-hydrogen) atoms. The van der Waals surface area contributed by atoms with Crippen molar-refractivity contribution in [1.29, 1.82) is 0 Å². The Morgan fingerprint density at radius 3 is 2.73 bits per heavy atom. The topological polar surface area (TPSA) is 83.6 Å². The van der Waals surface area contributed by atoms with Crippen molar-refractivity contribution in [2.45, 2.75) is 26.2 Å². The number of carboxylic acid groups (broad SMARTS) is 1. The third kappa shape index (κ3) is 3.42. The monoisotopic (exact) mass is 214 g/mol. The Kier molecular flexibility index (Phi) is 3.94. The number of hydrogen-bond donors (Lipinski definition) is 2. The lowest BCUT2D eigenvalue weighted by atomic mass is 9.96. The molecule has 2 amide bonds. The summed E-state index contributed by atoms with van der Waals surface area (Å²) in [6.07, 6.45) is 2.47. The molecular formula is C10H18N2O3. The van der Waals surface area contributed by atoms with Crippen molar-refractivity contribution in [2.24, 2.45) is 17.6 Å². The van der Waals surface area contributed by atoms with Gasteiger partial charge in [0, 0.05) is 13.1 Å². The number of aliphatic carboxylic acids is 1. The van der Waals surface area contributed by atoms with E-state index in [2.05, 4.69) is 0 Å². The van der Waals surface area contributed by atoms with E-state index in [1.54, 1.807) is 11.8 Å². The van der Waals surface area contributed by atoms with Crippen LogP contribution in [-0.2, 0) is 4.79 Å². The van der Waals surface area contributed by atoms with Crippen LogP contribution in [-0.4, -0.2) is 35.1 Å². The maximum atomic E-state index is 10.8. The van der Waals surface area contributed by atoms with Gasteiger partial charge in [0.05, 0.1) is 5.92 Å². The van der Waals surface area contributed by atoms with Gasteiger partial charge < -0.3 is 15.7 Å². The molecule has 0 spiro atoms. The molecule has 1 fully saturated rings. The number of carbonyl (C=O) groups is 2. The van der Waals surface area contributed by atoms with E-state index in [1.165, 1.54) is 0 Å². The minimum Gasteiger partial charge on any atom is -0.481 e. The standard InChI is InChI=1S/C10H18N2O3/c1-7(9(13)14)2-3-8-4-5-12(6-8)10(11)15/h7-8H,2-6H2,1H3,(H2,11,15)(H,13,14). The highest BCUT2D eigenvalue weighted by molar-refractivity contribution is 5.72. The molecule has 1 aliphatic heterocycles. The number of nitrogens with two attached hydrogens (primary N) is 1. The van der Waals surface area contributed by atoms with E-state index in [0.717, 1.165) is 12.8 Å². The molecule has 1 saturated heterocycles. The SMILES string of the molecule is CC(CCC1CCN(C(N)=O)C1)C(=O)O. The lowest BCUT2D eigenvalue weighted by molar-refractivity contribution is -0.141. The predicted molar refractivity (Wildman–Crippen MR) is 55.3 cm³/mol. The van der Waals surface area contributed by atoms with Crippen LogP contribution in [0.25, 0.3) is 0 Å². The molecule has 0 aromatic carbocycles. The molecule has 0 aromatic heterocycles. The summed E-state index contributed by atoms with van der Waals surface area (Å²) in [6, 6.07) is -0.371. The van der Waals surface area contributed by atoms with Gasteiger partial charge in [-0.2, -0.15) is 0 Å².